The van der Waals surface area contributed by atoms with E-state index in [9.17, 15) is 4.79 Å². The summed E-state index contributed by atoms with van der Waals surface area (Å²) >= 11 is 0. The maximum absolute atomic E-state index is 13.3. The first-order chi connectivity index (χ1) is 14.8. The SMILES string of the molecule is O=C(Cc1ccc(-c2ccccc2)cc1)N(CCN1CCOCC1)C1CCOCC1. The molecule has 0 N–H and O–H groups in total. The second-order valence-corrected chi connectivity index (χ2v) is 8.12. The van der Waals surface area contributed by atoms with Crippen LogP contribution in [0.25, 0.3) is 11.1 Å². The molecule has 2 aromatic carbocycles. The van der Waals surface area contributed by atoms with Gasteiger partial charge in [-0.25, -0.2) is 0 Å². The van der Waals surface area contributed by atoms with Crippen LogP contribution in [0.15, 0.2) is 54.6 Å². The zero-order chi connectivity index (χ0) is 20.6. The van der Waals surface area contributed by atoms with Gasteiger partial charge in [-0.15, -0.1) is 0 Å². The van der Waals surface area contributed by atoms with E-state index in [2.05, 4.69) is 46.2 Å². The molecule has 0 aromatic heterocycles. The van der Waals surface area contributed by atoms with Crippen molar-refractivity contribution < 1.29 is 14.3 Å². The van der Waals surface area contributed by atoms with Gasteiger partial charge in [-0.05, 0) is 29.5 Å². The highest BCUT2D eigenvalue weighted by Gasteiger charge is 2.26. The number of benzene rings is 2. The first kappa shape index (κ1) is 21.0. The van der Waals surface area contributed by atoms with Crippen molar-refractivity contribution in [3.05, 3.63) is 60.2 Å². The number of nitrogens with zero attached hydrogens (tertiary/aromatic N) is 2. The molecule has 2 heterocycles. The van der Waals surface area contributed by atoms with Crippen LogP contribution < -0.4 is 0 Å². The number of hydrogen-bond donors (Lipinski definition) is 0. The molecule has 2 saturated heterocycles. The summed E-state index contributed by atoms with van der Waals surface area (Å²) in [5.41, 5.74) is 3.45. The Labute approximate surface area is 179 Å². The molecular formula is C25H32N2O3. The van der Waals surface area contributed by atoms with Gasteiger partial charge >= 0.3 is 0 Å². The minimum atomic E-state index is 0.225. The smallest absolute Gasteiger partial charge is 0.227 e. The van der Waals surface area contributed by atoms with Crippen molar-refractivity contribution >= 4 is 5.91 Å². The molecule has 2 aliphatic heterocycles. The third kappa shape index (κ3) is 5.69. The zero-order valence-corrected chi connectivity index (χ0v) is 17.7. The molecule has 0 radical (unpaired) electrons. The molecule has 4 rings (SSSR count). The molecule has 0 atom stereocenters. The Bertz CT molecular complexity index is 782. The number of carbonyl (C=O) groups excluding carboxylic acids is 1. The van der Waals surface area contributed by atoms with Gasteiger partial charge in [0.25, 0.3) is 0 Å². The fourth-order valence-electron chi connectivity index (χ4n) is 4.30. The number of hydrogen-bond acceptors (Lipinski definition) is 4. The van der Waals surface area contributed by atoms with E-state index in [-0.39, 0.29) is 11.9 Å². The topological polar surface area (TPSA) is 42.0 Å². The third-order valence-electron chi connectivity index (χ3n) is 6.13. The summed E-state index contributed by atoms with van der Waals surface area (Å²) in [7, 11) is 0. The van der Waals surface area contributed by atoms with E-state index >= 15 is 0 Å². The Balaban J connectivity index is 1.40. The largest absolute Gasteiger partial charge is 0.381 e. The number of rotatable bonds is 7. The van der Waals surface area contributed by atoms with E-state index in [1.807, 2.05) is 18.2 Å². The lowest BCUT2D eigenvalue weighted by Gasteiger charge is -2.36. The van der Waals surface area contributed by atoms with E-state index in [1.165, 1.54) is 11.1 Å². The average molecular weight is 409 g/mol. The normalized spacial score (nSPS) is 18.3. The average Bonchev–Trinajstić information content (AvgIpc) is 2.82. The van der Waals surface area contributed by atoms with E-state index in [0.29, 0.717) is 6.42 Å². The second-order valence-electron chi connectivity index (χ2n) is 8.12. The molecule has 0 unspecified atom stereocenters. The lowest BCUT2D eigenvalue weighted by molar-refractivity contribution is -0.135. The van der Waals surface area contributed by atoms with Gasteiger partial charge in [-0.3, -0.25) is 9.69 Å². The Morgan fingerprint density at radius 2 is 1.50 bits per heavy atom. The molecule has 0 saturated carbocycles. The standard InChI is InChI=1S/C25H32N2O3/c28-25(20-21-6-8-23(9-7-21)22-4-2-1-3-5-22)27(24-10-16-29-17-11-24)13-12-26-14-18-30-19-15-26/h1-9,24H,10-20H2. The molecule has 5 heteroatoms. The molecule has 0 bridgehead atoms. The van der Waals surface area contributed by atoms with Crippen LogP contribution in [0, 0.1) is 0 Å². The Morgan fingerprint density at radius 1 is 0.867 bits per heavy atom. The van der Waals surface area contributed by atoms with Gasteiger partial charge in [-0.1, -0.05) is 54.6 Å². The molecule has 0 aliphatic carbocycles. The van der Waals surface area contributed by atoms with Crippen molar-refractivity contribution in [1.29, 1.82) is 0 Å². The van der Waals surface area contributed by atoms with Crippen LogP contribution in [0.4, 0.5) is 0 Å². The summed E-state index contributed by atoms with van der Waals surface area (Å²) in [4.78, 5) is 17.8. The summed E-state index contributed by atoms with van der Waals surface area (Å²) in [5, 5.41) is 0. The summed E-state index contributed by atoms with van der Waals surface area (Å²) in [6.07, 6.45) is 2.32. The van der Waals surface area contributed by atoms with E-state index in [4.69, 9.17) is 9.47 Å². The van der Waals surface area contributed by atoms with Crippen molar-refractivity contribution in [2.24, 2.45) is 0 Å². The highest BCUT2D eigenvalue weighted by atomic mass is 16.5. The molecule has 2 aliphatic rings. The lowest BCUT2D eigenvalue weighted by atomic mass is 10.0. The van der Waals surface area contributed by atoms with E-state index in [1.54, 1.807) is 0 Å². The number of morpholine rings is 1. The molecule has 0 spiro atoms. The molecule has 2 fully saturated rings. The Kier molecular flexibility index (Phi) is 7.51. The fraction of sp³-hybridized carbons (Fsp3) is 0.480. The Morgan fingerprint density at radius 3 is 2.20 bits per heavy atom. The van der Waals surface area contributed by atoms with Gasteiger partial charge in [-0.2, -0.15) is 0 Å². The quantitative estimate of drug-likeness (QED) is 0.705. The summed E-state index contributed by atoms with van der Waals surface area (Å²) in [6.45, 7) is 6.69. The Hall–Kier alpha value is -2.21. The maximum Gasteiger partial charge on any atom is 0.227 e. The number of carbonyl (C=O) groups is 1. The van der Waals surface area contributed by atoms with Gasteiger partial charge in [0.15, 0.2) is 0 Å². The van der Waals surface area contributed by atoms with Crippen molar-refractivity contribution in [3.8, 4) is 11.1 Å². The predicted octanol–water partition coefficient (Wildman–Crippen LogP) is 3.24. The summed E-state index contributed by atoms with van der Waals surface area (Å²) in [5.74, 6) is 0.225. The van der Waals surface area contributed by atoms with Crippen molar-refractivity contribution in [2.45, 2.75) is 25.3 Å². The van der Waals surface area contributed by atoms with Crippen molar-refractivity contribution in [2.75, 3.05) is 52.6 Å². The molecular weight excluding hydrogens is 376 g/mol. The number of ether oxygens (including phenoxy) is 2. The third-order valence-corrected chi connectivity index (χ3v) is 6.13. The monoisotopic (exact) mass is 408 g/mol. The zero-order valence-electron chi connectivity index (χ0n) is 17.7. The molecule has 1 amide bonds. The van der Waals surface area contributed by atoms with Crippen LogP contribution in [0.2, 0.25) is 0 Å². The molecule has 2 aromatic rings. The van der Waals surface area contributed by atoms with Gasteiger partial charge < -0.3 is 14.4 Å². The molecule has 160 valence electrons. The van der Waals surface area contributed by atoms with Crippen LogP contribution >= 0.6 is 0 Å². The predicted molar refractivity (Wildman–Crippen MR) is 118 cm³/mol. The van der Waals surface area contributed by atoms with Crippen LogP contribution in [0.1, 0.15) is 18.4 Å². The first-order valence-electron chi connectivity index (χ1n) is 11.1. The highest BCUT2D eigenvalue weighted by molar-refractivity contribution is 5.79. The molecule has 5 nitrogen and oxygen atoms in total. The van der Waals surface area contributed by atoms with Crippen molar-refractivity contribution in [3.63, 3.8) is 0 Å². The maximum atomic E-state index is 13.3. The number of amides is 1. The fourth-order valence-corrected chi connectivity index (χ4v) is 4.30. The first-order valence-corrected chi connectivity index (χ1v) is 11.1. The van der Waals surface area contributed by atoms with Crippen LogP contribution in [-0.2, 0) is 20.7 Å². The van der Waals surface area contributed by atoms with Crippen LogP contribution in [-0.4, -0.2) is 74.4 Å². The minimum absolute atomic E-state index is 0.225. The van der Waals surface area contributed by atoms with Gasteiger partial charge in [0.1, 0.15) is 0 Å². The van der Waals surface area contributed by atoms with E-state index in [0.717, 1.165) is 71.0 Å². The van der Waals surface area contributed by atoms with Gasteiger partial charge in [0.2, 0.25) is 5.91 Å². The van der Waals surface area contributed by atoms with Gasteiger partial charge in [0.05, 0.1) is 19.6 Å². The second kappa shape index (κ2) is 10.7. The van der Waals surface area contributed by atoms with E-state index < -0.39 is 0 Å². The molecule has 30 heavy (non-hydrogen) atoms. The summed E-state index contributed by atoms with van der Waals surface area (Å²) < 4.78 is 11.0. The van der Waals surface area contributed by atoms with Crippen molar-refractivity contribution in [1.82, 2.24) is 9.80 Å². The summed E-state index contributed by atoms with van der Waals surface area (Å²) in [6, 6.07) is 19.0. The lowest BCUT2D eigenvalue weighted by Crippen LogP contribution is -2.49. The van der Waals surface area contributed by atoms with Gasteiger partial charge in [0, 0.05) is 45.4 Å². The van der Waals surface area contributed by atoms with Crippen LogP contribution in [0.5, 0.6) is 0 Å². The highest BCUT2D eigenvalue weighted by Crippen LogP contribution is 2.21. The minimum Gasteiger partial charge on any atom is -0.381 e. The van der Waals surface area contributed by atoms with Crippen LogP contribution in [0.3, 0.4) is 0 Å².